The fourth-order valence-electron chi connectivity index (χ4n) is 0.138. The molecule has 0 atom stereocenters. The van der Waals surface area contributed by atoms with Gasteiger partial charge in [0.25, 0.3) is 0 Å². The Morgan fingerprint density at radius 1 is 1.43 bits per heavy atom. The van der Waals surface area contributed by atoms with Crippen LogP contribution in [0, 0.1) is 5.41 Å². The summed E-state index contributed by atoms with van der Waals surface area (Å²) >= 11 is 0. The molecular formula is C4H7N3. The van der Waals surface area contributed by atoms with Crippen molar-refractivity contribution < 1.29 is 0 Å². The molecule has 38 valence electrons. The Kier molecular flexibility index (Phi) is 4.30. The molecule has 0 bridgehead atoms. The largest absolute Gasteiger partial charge is 0.307 e. The molecule has 7 heavy (non-hydrogen) atoms. The van der Waals surface area contributed by atoms with Crippen LogP contribution in [0.3, 0.4) is 0 Å². The van der Waals surface area contributed by atoms with Gasteiger partial charge in [-0.1, -0.05) is 0 Å². The van der Waals surface area contributed by atoms with Gasteiger partial charge < -0.3 is 5.41 Å². The monoisotopic (exact) mass is 97.1 g/mol. The highest BCUT2D eigenvalue weighted by Gasteiger charge is 1.53. The molecule has 0 amide bonds. The quantitative estimate of drug-likeness (QED) is 0.390. The van der Waals surface area contributed by atoms with Crippen molar-refractivity contribution in [1.82, 2.24) is 0 Å². The molecule has 0 aromatic rings. The van der Waals surface area contributed by atoms with Crippen LogP contribution in [0.5, 0.6) is 0 Å². The maximum Gasteiger partial charge on any atom is 0.0671 e. The molecular weight excluding hydrogens is 90.1 g/mol. The summed E-state index contributed by atoms with van der Waals surface area (Å²) in [6.45, 7) is 1.77. The van der Waals surface area contributed by atoms with E-state index in [4.69, 9.17) is 5.41 Å². The van der Waals surface area contributed by atoms with E-state index >= 15 is 0 Å². The Morgan fingerprint density at radius 3 is 2.57 bits per heavy atom. The fraction of sp³-hybridized carbons (Fsp3) is 0.250. The van der Waals surface area contributed by atoms with Crippen LogP contribution in [0.2, 0.25) is 0 Å². The highest BCUT2D eigenvalue weighted by molar-refractivity contribution is 6.14. The second-order valence-corrected chi connectivity index (χ2v) is 0.805. The van der Waals surface area contributed by atoms with Crippen LogP contribution in [0.1, 0.15) is 6.92 Å². The maximum atomic E-state index is 6.43. The molecule has 0 aliphatic heterocycles. The highest BCUT2D eigenvalue weighted by Crippen LogP contribution is 1.60. The minimum atomic E-state index is 1.08. The van der Waals surface area contributed by atoms with E-state index in [9.17, 15) is 0 Å². The van der Waals surface area contributed by atoms with E-state index in [-0.39, 0.29) is 0 Å². The molecule has 0 fully saturated rings. The zero-order valence-electron chi connectivity index (χ0n) is 4.13. The summed E-state index contributed by atoms with van der Waals surface area (Å²) in [6.07, 6.45) is 3.94. The lowest BCUT2D eigenvalue weighted by Crippen LogP contribution is -1.66. The third-order valence-corrected chi connectivity index (χ3v) is 0.323. The molecule has 0 heterocycles. The van der Waals surface area contributed by atoms with E-state index in [0.29, 0.717) is 0 Å². The van der Waals surface area contributed by atoms with Gasteiger partial charge in [-0.25, -0.2) is 0 Å². The molecule has 3 nitrogen and oxygen atoms in total. The van der Waals surface area contributed by atoms with Crippen molar-refractivity contribution in [3.05, 3.63) is 0 Å². The molecule has 0 rings (SSSR count). The Bertz CT molecular complexity index is 93.1. The standard InChI is InChI=1S/C4H7N3/c1-2-6-7-4-3-5/h2-5H,1H3/b5-3?,6-2-,7-4-. The van der Waals surface area contributed by atoms with Gasteiger partial charge in [0.2, 0.25) is 0 Å². The fourth-order valence-corrected chi connectivity index (χ4v) is 0.138. The number of hydrogen-bond acceptors (Lipinski definition) is 3. The van der Waals surface area contributed by atoms with Crippen LogP contribution in [0.25, 0.3) is 0 Å². The van der Waals surface area contributed by atoms with Crippen molar-refractivity contribution in [2.75, 3.05) is 0 Å². The Balaban J connectivity index is 3.27. The van der Waals surface area contributed by atoms with Crippen molar-refractivity contribution in [2.24, 2.45) is 10.2 Å². The Morgan fingerprint density at radius 2 is 2.14 bits per heavy atom. The van der Waals surface area contributed by atoms with Gasteiger partial charge in [-0.15, -0.1) is 0 Å². The second kappa shape index (κ2) is 5.01. The number of nitrogens with zero attached hydrogens (tertiary/aromatic N) is 2. The summed E-state index contributed by atoms with van der Waals surface area (Å²) in [7, 11) is 0. The van der Waals surface area contributed by atoms with Crippen LogP contribution in [0.15, 0.2) is 10.2 Å². The molecule has 0 spiro atoms. The Hall–Kier alpha value is -0.990. The predicted octanol–water partition coefficient (Wildman–Crippen LogP) is 0.712. The smallest absolute Gasteiger partial charge is 0.0671 e. The normalized spacial score (nSPS) is 11.0. The first kappa shape index (κ1) is 6.01. The van der Waals surface area contributed by atoms with Crippen LogP contribution in [0.4, 0.5) is 0 Å². The zero-order chi connectivity index (χ0) is 5.54. The lowest BCUT2D eigenvalue weighted by Gasteiger charge is -1.65. The van der Waals surface area contributed by atoms with Crippen LogP contribution in [-0.2, 0) is 0 Å². The first-order valence-corrected chi connectivity index (χ1v) is 1.92. The van der Waals surface area contributed by atoms with E-state index in [1.165, 1.54) is 6.21 Å². The van der Waals surface area contributed by atoms with Gasteiger partial charge in [0.15, 0.2) is 0 Å². The zero-order valence-corrected chi connectivity index (χ0v) is 4.13. The molecule has 0 aromatic carbocycles. The van der Waals surface area contributed by atoms with E-state index in [1.54, 1.807) is 13.1 Å². The molecule has 0 aromatic heterocycles. The van der Waals surface area contributed by atoms with Gasteiger partial charge in [-0.2, -0.15) is 10.2 Å². The minimum Gasteiger partial charge on any atom is -0.307 e. The summed E-state index contributed by atoms with van der Waals surface area (Å²) in [5, 5.41) is 13.3. The molecule has 3 heteroatoms. The van der Waals surface area contributed by atoms with Crippen molar-refractivity contribution in [3.8, 4) is 0 Å². The van der Waals surface area contributed by atoms with Crippen LogP contribution in [-0.4, -0.2) is 18.6 Å². The van der Waals surface area contributed by atoms with Crippen molar-refractivity contribution in [3.63, 3.8) is 0 Å². The lowest BCUT2D eigenvalue weighted by molar-refractivity contribution is 1.27. The lowest BCUT2D eigenvalue weighted by atomic mass is 10.8. The highest BCUT2D eigenvalue weighted by atomic mass is 15.2. The molecule has 1 N–H and O–H groups in total. The first-order chi connectivity index (χ1) is 3.41. The van der Waals surface area contributed by atoms with Crippen LogP contribution >= 0.6 is 0 Å². The molecule has 0 saturated heterocycles. The van der Waals surface area contributed by atoms with Crippen LogP contribution < -0.4 is 0 Å². The summed E-state index contributed by atoms with van der Waals surface area (Å²) in [6, 6.07) is 0. The second-order valence-electron chi connectivity index (χ2n) is 0.805. The SMILES string of the molecule is C/C=N\N=C/C=N. The molecule has 0 aliphatic rings. The van der Waals surface area contributed by atoms with Crippen molar-refractivity contribution in [1.29, 1.82) is 5.41 Å². The average molecular weight is 97.1 g/mol. The molecule has 0 saturated carbocycles. The molecule has 0 radical (unpaired) electrons. The molecule has 0 unspecified atom stereocenters. The topological polar surface area (TPSA) is 48.6 Å². The van der Waals surface area contributed by atoms with E-state index in [0.717, 1.165) is 6.21 Å². The third kappa shape index (κ3) is 5.01. The summed E-state index contributed by atoms with van der Waals surface area (Å²) in [5.41, 5.74) is 0. The van der Waals surface area contributed by atoms with Gasteiger partial charge in [0, 0.05) is 12.4 Å². The number of rotatable bonds is 2. The summed E-state index contributed by atoms with van der Waals surface area (Å²) < 4.78 is 0. The van der Waals surface area contributed by atoms with Gasteiger partial charge in [-0.05, 0) is 6.92 Å². The predicted molar refractivity (Wildman–Crippen MR) is 31.4 cm³/mol. The maximum absolute atomic E-state index is 6.43. The summed E-state index contributed by atoms with van der Waals surface area (Å²) in [5.74, 6) is 0. The minimum absolute atomic E-state index is 1.08. The summed E-state index contributed by atoms with van der Waals surface area (Å²) in [4.78, 5) is 0. The van der Waals surface area contributed by atoms with Crippen molar-refractivity contribution >= 4 is 18.6 Å². The van der Waals surface area contributed by atoms with Crippen molar-refractivity contribution in [2.45, 2.75) is 6.92 Å². The van der Waals surface area contributed by atoms with E-state index < -0.39 is 0 Å². The van der Waals surface area contributed by atoms with E-state index in [1.807, 2.05) is 0 Å². The molecule has 0 aliphatic carbocycles. The van der Waals surface area contributed by atoms with E-state index in [2.05, 4.69) is 10.2 Å². The van der Waals surface area contributed by atoms with Gasteiger partial charge >= 0.3 is 0 Å². The number of nitrogens with one attached hydrogen (secondary N) is 1. The van der Waals surface area contributed by atoms with Gasteiger partial charge in [-0.3, -0.25) is 0 Å². The average Bonchev–Trinajstić information content (AvgIpc) is 1.69. The third-order valence-electron chi connectivity index (χ3n) is 0.323. The van der Waals surface area contributed by atoms with Gasteiger partial charge in [0.05, 0.1) is 6.21 Å². The van der Waals surface area contributed by atoms with Gasteiger partial charge in [0.1, 0.15) is 0 Å². The number of hydrogen-bond donors (Lipinski definition) is 1. The Labute approximate surface area is 42.3 Å². The first-order valence-electron chi connectivity index (χ1n) is 1.92.